The summed E-state index contributed by atoms with van der Waals surface area (Å²) in [7, 11) is 1.52. The molecule has 2 aromatic carbocycles. The molecule has 0 bridgehead atoms. The Labute approximate surface area is 147 Å². The van der Waals surface area contributed by atoms with E-state index in [0.717, 1.165) is 4.85 Å². The van der Waals surface area contributed by atoms with E-state index in [1.807, 2.05) is 0 Å². The molecule has 9 heteroatoms. The highest BCUT2D eigenvalue weighted by molar-refractivity contribution is 6.32. The van der Waals surface area contributed by atoms with Gasteiger partial charge in [0.25, 0.3) is 5.91 Å². The molecule has 0 spiro atoms. The van der Waals surface area contributed by atoms with E-state index in [0.29, 0.717) is 32.5 Å². The van der Waals surface area contributed by atoms with E-state index in [1.165, 1.54) is 7.11 Å². The Morgan fingerprint density at radius 1 is 1.25 bits per heavy atom. The molecule has 0 unspecified atom stereocenters. The number of amides is 1. The van der Waals surface area contributed by atoms with E-state index in [2.05, 4.69) is 15.6 Å². The largest absolute Gasteiger partial charge is 0.495 e. The molecule has 0 saturated carbocycles. The third-order valence-electron chi connectivity index (χ3n) is 3.13. The maximum atomic E-state index is 12.0. The predicted octanol–water partition coefficient (Wildman–Crippen LogP) is 2.81. The molecule has 0 radical (unpaired) electrons. The highest BCUT2D eigenvalue weighted by Crippen LogP contribution is 2.27. The molecule has 0 atom stereocenters. The summed E-state index contributed by atoms with van der Waals surface area (Å²) < 4.78 is 5.05. The first-order valence-corrected chi connectivity index (χ1v) is 7.60. The molecule has 124 valence electrons. The van der Waals surface area contributed by atoms with E-state index in [1.54, 1.807) is 36.4 Å². The Morgan fingerprint density at radius 3 is 2.83 bits per heavy atom. The molecule has 1 amide bonds. The number of aromatic nitrogens is 3. The average Bonchev–Trinajstić information content (AvgIpc) is 2.95. The second-order valence-electron chi connectivity index (χ2n) is 4.77. The number of methoxy groups -OCH3 is 1. The number of rotatable bonds is 5. The van der Waals surface area contributed by atoms with Gasteiger partial charge in [-0.2, -0.15) is 0 Å². The molecule has 3 rings (SSSR count). The zero-order chi connectivity index (χ0) is 17.1. The topological polar surface area (TPSA) is 78.3 Å². The molecule has 0 aliphatic carbocycles. The Bertz CT molecular complexity index is 898. The van der Waals surface area contributed by atoms with Crippen LogP contribution in [0.1, 0.15) is 0 Å². The normalized spacial score (nSPS) is 10.6. The van der Waals surface area contributed by atoms with Gasteiger partial charge in [0.2, 0.25) is 0 Å². The lowest BCUT2D eigenvalue weighted by atomic mass is 10.3. The van der Waals surface area contributed by atoms with Crippen LogP contribution in [0.3, 0.4) is 0 Å². The number of nitrogens with zero attached hydrogens (tertiary/aromatic N) is 3. The van der Waals surface area contributed by atoms with E-state index in [9.17, 15) is 4.79 Å². The van der Waals surface area contributed by atoms with Gasteiger partial charge in [0.05, 0.1) is 12.1 Å². The fourth-order valence-corrected chi connectivity index (χ4v) is 2.45. The lowest BCUT2D eigenvalue weighted by Gasteiger charge is -2.09. The summed E-state index contributed by atoms with van der Waals surface area (Å²) >= 11 is 11.9. The molecule has 24 heavy (non-hydrogen) atoms. The van der Waals surface area contributed by atoms with Crippen molar-refractivity contribution in [1.29, 1.82) is 0 Å². The minimum Gasteiger partial charge on any atom is -0.495 e. The lowest BCUT2D eigenvalue weighted by molar-refractivity contribution is -0.121. The van der Waals surface area contributed by atoms with Crippen molar-refractivity contribution in [3.05, 3.63) is 46.4 Å². The van der Waals surface area contributed by atoms with E-state index < -0.39 is 0 Å². The lowest BCUT2D eigenvalue weighted by Crippen LogP contribution is -2.26. The molecule has 0 aliphatic heterocycles. The summed E-state index contributed by atoms with van der Waals surface area (Å²) in [6, 6.07) is 9.98. The van der Waals surface area contributed by atoms with Gasteiger partial charge in [-0.3, -0.25) is 4.79 Å². The maximum Gasteiger partial charge on any atom is 0.265 e. The second-order valence-corrected chi connectivity index (χ2v) is 5.61. The molecule has 0 fully saturated rings. The predicted molar refractivity (Wildman–Crippen MR) is 90.6 cm³/mol. The fourth-order valence-electron chi connectivity index (χ4n) is 2.03. The Kier molecular flexibility index (Phi) is 4.73. The Hall–Kier alpha value is -2.51. The molecule has 3 aromatic rings. The van der Waals surface area contributed by atoms with Crippen LogP contribution in [-0.2, 0) is 4.79 Å². The van der Waals surface area contributed by atoms with E-state index >= 15 is 0 Å². The van der Waals surface area contributed by atoms with Crippen molar-refractivity contribution in [3.63, 3.8) is 0 Å². The third kappa shape index (κ3) is 3.52. The van der Waals surface area contributed by atoms with Gasteiger partial charge in [-0.1, -0.05) is 28.0 Å². The summed E-state index contributed by atoms with van der Waals surface area (Å²) in [5.74, 6) is 0.152. The first-order chi connectivity index (χ1) is 11.6. The number of fused-ring (bicyclic) bond motifs is 1. The van der Waals surface area contributed by atoms with Crippen LogP contribution in [0.15, 0.2) is 36.4 Å². The Balaban J connectivity index is 1.64. The minimum absolute atomic E-state index is 0.255. The van der Waals surface area contributed by atoms with Crippen LogP contribution in [0.25, 0.3) is 11.0 Å². The Morgan fingerprint density at radius 2 is 2.08 bits per heavy atom. The number of nitrogens with one attached hydrogen (secondary N) is 1. The van der Waals surface area contributed by atoms with Crippen molar-refractivity contribution in [1.82, 2.24) is 15.2 Å². The summed E-state index contributed by atoms with van der Waals surface area (Å²) in [6.07, 6.45) is 0. The summed E-state index contributed by atoms with van der Waals surface area (Å²) in [5, 5.41) is 11.3. The number of hydrogen-bond acceptors (Lipinski definition) is 5. The highest BCUT2D eigenvalue weighted by Gasteiger charge is 2.10. The monoisotopic (exact) mass is 366 g/mol. The van der Waals surface area contributed by atoms with Crippen LogP contribution in [0.5, 0.6) is 5.75 Å². The second kappa shape index (κ2) is 6.94. The quantitative estimate of drug-likeness (QED) is 0.750. The first-order valence-electron chi connectivity index (χ1n) is 6.84. The van der Waals surface area contributed by atoms with Crippen molar-refractivity contribution in [2.75, 3.05) is 19.0 Å². The van der Waals surface area contributed by atoms with Gasteiger partial charge in [-0.25, -0.2) is 0 Å². The smallest absolute Gasteiger partial charge is 0.265 e. The highest BCUT2D eigenvalue weighted by atomic mass is 35.5. The van der Waals surface area contributed by atoms with Crippen molar-refractivity contribution >= 4 is 45.8 Å². The van der Waals surface area contributed by atoms with Gasteiger partial charge in [-0.05, 0) is 41.6 Å². The SMILES string of the molecule is COc1ccc(NC(=O)COn2nnc3ccc(Cl)cc32)cc1Cl. The molecule has 1 N–H and O–H groups in total. The molecule has 1 heterocycles. The fraction of sp³-hybridized carbons (Fsp3) is 0.133. The zero-order valence-electron chi connectivity index (χ0n) is 12.5. The van der Waals surface area contributed by atoms with Crippen molar-refractivity contribution < 1.29 is 14.4 Å². The van der Waals surface area contributed by atoms with Crippen LogP contribution < -0.4 is 14.9 Å². The van der Waals surface area contributed by atoms with Crippen molar-refractivity contribution in [2.45, 2.75) is 0 Å². The molecule has 0 aliphatic rings. The van der Waals surface area contributed by atoms with Crippen LogP contribution in [-0.4, -0.2) is 34.8 Å². The number of anilines is 1. The van der Waals surface area contributed by atoms with Gasteiger partial charge in [0, 0.05) is 10.7 Å². The van der Waals surface area contributed by atoms with Crippen molar-refractivity contribution in [3.8, 4) is 5.75 Å². The first kappa shape index (κ1) is 16.4. The van der Waals surface area contributed by atoms with Crippen LogP contribution in [0.4, 0.5) is 5.69 Å². The number of carbonyl (C=O) groups excluding carboxylic acids is 1. The van der Waals surface area contributed by atoms with Crippen LogP contribution in [0.2, 0.25) is 10.0 Å². The zero-order valence-corrected chi connectivity index (χ0v) is 14.0. The van der Waals surface area contributed by atoms with Crippen LogP contribution in [0, 0.1) is 0 Å². The molecular weight excluding hydrogens is 355 g/mol. The van der Waals surface area contributed by atoms with Gasteiger partial charge < -0.3 is 14.9 Å². The minimum atomic E-state index is -0.373. The van der Waals surface area contributed by atoms with Gasteiger partial charge >= 0.3 is 0 Å². The molecule has 1 aromatic heterocycles. The standard InChI is InChI=1S/C15H12Cl2N4O3/c1-23-14-5-3-10(7-11(14)17)18-15(22)8-24-21-13-6-9(16)2-4-12(13)19-20-21/h2-7H,8H2,1H3,(H,18,22). The van der Waals surface area contributed by atoms with Gasteiger partial charge in [0.1, 0.15) is 16.8 Å². The van der Waals surface area contributed by atoms with Gasteiger partial charge in [0.15, 0.2) is 6.61 Å². The maximum absolute atomic E-state index is 12.0. The van der Waals surface area contributed by atoms with E-state index in [4.69, 9.17) is 32.8 Å². The summed E-state index contributed by atoms with van der Waals surface area (Å²) in [4.78, 5) is 18.5. The number of carbonyl (C=O) groups is 1. The number of hydrogen-bond donors (Lipinski definition) is 1. The molecule has 7 nitrogen and oxygen atoms in total. The average molecular weight is 367 g/mol. The van der Waals surface area contributed by atoms with Crippen molar-refractivity contribution in [2.24, 2.45) is 0 Å². The van der Waals surface area contributed by atoms with Gasteiger partial charge in [-0.15, -0.1) is 5.10 Å². The van der Waals surface area contributed by atoms with Crippen LogP contribution >= 0.6 is 23.2 Å². The van der Waals surface area contributed by atoms with E-state index in [-0.39, 0.29) is 12.5 Å². The molecule has 0 saturated heterocycles. The third-order valence-corrected chi connectivity index (χ3v) is 3.66. The summed E-state index contributed by atoms with van der Waals surface area (Å²) in [5.41, 5.74) is 1.71. The number of ether oxygens (including phenoxy) is 1. The number of halogens is 2. The summed E-state index contributed by atoms with van der Waals surface area (Å²) in [6.45, 7) is -0.255. The molecular formula is C15H12Cl2N4O3. The number of benzene rings is 2.